The van der Waals surface area contributed by atoms with Crippen molar-refractivity contribution >= 4 is 11.3 Å². The number of benzene rings is 1. The van der Waals surface area contributed by atoms with Gasteiger partial charge in [-0.05, 0) is 32.0 Å². The number of nitrogens with zero attached hydrogens (tertiary/aromatic N) is 1. The van der Waals surface area contributed by atoms with E-state index in [9.17, 15) is 0 Å². The highest BCUT2D eigenvalue weighted by Crippen LogP contribution is 2.43. The number of aromatic nitrogens is 1. The molecule has 1 N–H and O–H groups in total. The summed E-state index contributed by atoms with van der Waals surface area (Å²) in [6.07, 6.45) is 2.92. The van der Waals surface area contributed by atoms with Gasteiger partial charge < -0.3 is 10.1 Å². The Morgan fingerprint density at radius 3 is 3.05 bits per heavy atom. The van der Waals surface area contributed by atoms with Crippen LogP contribution in [0.3, 0.4) is 0 Å². The lowest BCUT2D eigenvalue weighted by molar-refractivity contribution is 0.139. The van der Waals surface area contributed by atoms with Gasteiger partial charge >= 0.3 is 0 Å². The summed E-state index contributed by atoms with van der Waals surface area (Å²) in [4.78, 5) is 5.82. The van der Waals surface area contributed by atoms with Crippen molar-refractivity contribution in [1.29, 1.82) is 0 Å². The number of thiazole rings is 1. The molecule has 1 aliphatic heterocycles. The van der Waals surface area contributed by atoms with E-state index in [1.165, 1.54) is 10.4 Å². The summed E-state index contributed by atoms with van der Waals surface area (Å²) in [7, 11) is 0. The summed E-state index contributed by atoms with van der Waals surface area (Å²) in [5, 5.41) is 4.38. The van der Waals surface area contributed by atoms with E-state index in [-0.39, 0.29) is 5.60 Å². The van der Waals surface area contributed by atoms with Crippen LogP contribution < -0.4 is 10.1 Å². The maximum absolute atomic E-state index is 6.12. The Morgan fingerprint density at radius 2 is 2.25 bits per heavy atom. The largest absolute Gasteiger partial charge is 0.486 e. The minimum absolute atomic E-state index is 0.109. The number of nitrogens with one attached hydrogen (secondary N) is 1. The van der Waals surface area contributed by atoms with Crippen LogP contribution in [0.4, 0.5) is 0 Å². The minimum Gasteiger partial charge on any atom is -0.486 e. The van der Waals surface area contributed by atoms with E-state index in [0.29, 0.717) is 0 Å². The molecule has 0 radical (unpaired) electrons. The van der Waals surface area contributed by atoms with Crippen LogP contribution in [0.2, 0.25) is 0 Å². The summed E-state index contributed by atoms with van der Waals surface area (Å²) in [6.45, 7) is 8.24. The lowest BCUT2D eigenvalue weighted by Crippen LogP contribution is -2.24. The molecule has 2 aromatic rings. The second-order valence-corrected chi connectivity index (χ2v) is 6.86. The van der Waals surface area contributed by atoms with Crippen LogP contribution in [0.5, 0.6) is 5.75 Å². The Morgan fingerprint density at radius 1 is 1.40 bits per heavy atom. The van der Waals surface area contributed by atoms with Crippen molar-refractivity contribution in [2.24, 2.45) is 0 Å². The van der Waals surface area contributed by atoms with Crippen molar-refractivity contribution in [3.8, 4) is 16.3 Å². The average Bonchev–Trinajstić information content (AvgIpc) is 2.97. The number of fused-ring (bicyclic) bond motifs is 1. The summed E-state index contributed by atoms with van der Waals surface area (Å²) >= 11 is 1.74. The third-order valence-corrected chi connectivity index (χ3v) is 4.45. The molecule has 0 fully saturated rings. The van der Waals surface area contributed by atoms with E-state index in [0.717, 1.165) is 35.8 Å². The normalized spacial score (nSPS) is 15.9. The van der Waals surface area contributed by atoms with E-state index in [4.69, 9.17) is 4.74 Å². The highest BCUT2D eigenvalue weighted by molar-refractivity contribution is 7.15. The van der Waals surface area contributed by atoms with Gasteiger partial charge in [0.25, 0.3) is 0 Å². The first kappa shape index (κ1) is 13.6. The second kappa shape index (κ2) is 5.19. The van der Waals surface area contributed by atoms with Gasteiger partial charge in [0.15, 0.2) is 0 Å². The molecule has 2 heterocycles. The van der Waals surface area contributed by atoms with Gasteiger partial charge in [-0.3, -0.25) is 0 Å². The Labute approximate surface area is 124 Å². The standard InChI is InChI=1S/C16H20N2OS/c1-4-17-9-12-10-18-15(20-12)13-7-5-6-11-8-16(2,3)19-14(11)13/h5-7,10,17H,4,8-9H2,1-3H3. The van der Waals surface area contributed by atoms with Gasteiger partial charge in [0.2, 0.25) is 0 Å². The first-order valence-electron chi connectivity index (χ1n) is 7.06. The molecule has 0 atom stereocenters. The predicted octanol–water partition coefficient (Wildman–Crippen LogP) is 3.63. The number of hydrogen-bond acceptors (Lipinski definition) is 4. The zero-order valence-corrected chi connectivity index (χ0v) is 13.0. The summed E-state index contributed by atoms with van der Waals surface area (Å²) < 4.78 is 6.12. The van der Waals surface area contributed by atoms with Crippen molar-refractivity contribution < 1.29 is 4.74 Å². The van der Waals surface area contributed by atoms with Gasteiger partial charge in [0.05, 0.1) is 5.56 Å². The highest BCUT2D eigenvalue weighted by atomic mass is 32.1. The first-order valence-corrected chi connectivity index (χ1v) is 7.87. The number of hydrogen-bond donors (Lipinski definition) is 1. The molecule has 0 amide bonds. The molecule has 1 aliphatic rings. The molecule has 1 aromatic carbocycles. The van der Waals surface area contributed by atoms with E-state index in [1.54, 1.807) is 11.3 Å². The molecule has 1 aromatic heterocycles. The summed E-state index contributed by atoms with van der Waals surface area (Å²) in [5.41, 5.74) is 2.30. The fraction of sp³-hybridized carbons (Fsp3) is 0.438. The third-order valence-electron chi connectivity index (χ3n) is 3.42. The summed E-state index contributed by atoms with van der Waals surface area (Å²) in [5.74, 6) is 1.02. The molecule has 4 heteroatoms. The van der Waals surface area contributed by atoms with Crippen molar-refractivity contribution in [3.05, 3.63) is 34.8 Å². The van der Waals surface area contributed by atoms with E-state index in [1.807, 2.05) is 6.20 Å². The monoisotopic (exact) mass is 288 g/mol. The molecule has 0 aliphatic carbocycles. The van der Waals surface area contributed by atoms with Gasteiger partial charge in [-0.2, -0.15) is 0 Å². The van der Waals surface area contributed by atoms with Crippen molar-refractivity contribution in [2.45, 2.75) is 39.3 Å². The molecule has 20 heavy (non-hydrogen) atoms. The van der Waals surface area contributed by atoms with Crippen LogP contribution in [0, 0.1) is 0 Å². The molecule has 0 saturated carbocycles. The molecule has 3 nitrogen and oxygen atoms in total. The molecule has 0 spiro atoms. The lowest BCUT2D eigenvalue weighted by atomic mass is 10.0. The van der Waals surface area contributed by atoms with Gasteiger partial charge in [-0.15, -0.1) is 11.3 Å². The number of ether oxygens (including phenoxy) is 1. The van der Waals surface area contributed by atoms with Crippen molar-refractivity contribution in [2.75, 3.05) is 6.54 Å². The van der Waals surface area contributed by atoms with Gasteiger partial charge in [0.1, 0.15) is 16.4 Å². The molecule has 106 valence electrons. The zero-order valence-electron chi connectivity index (χ0n) is 12.2. The van der Waals surface area contributed by atoms with Crippen LogP contribution in [0.25, 0.3) is 10.6 Å². The lowest BCUT2D eigenvalue weighted by Gasteiger charge is -2.17. The number of para-hydroxylation sites is 1. The predicted molar refractivity (Wildman–Crippen MR) is 83.3 cm³/mol. The van der Waals surface area contributed by atoms with E-state index < -0.39 is 0 Å². The quantitative estimate of drug-likeness (QED) is 0.933. The minimum atomic E-state index is -0.109. The molecule has 0 unspecified atom stereocenters. The molecular formula is C16H20N2OS. The Kier molecular flexibility index (Phi) is 3.52. The smallest absolute Gasteiger partial charge is 0.133 e. The first-order chi connectivity index (χ1) is 9.59. The van der Waals surface area contributed by atoms with Crippen LogP contribution in [0.1, 0.15) is 31.2 Å². The van der Waals surface area contributed by atoms with Crippen LogP contribution >= 0.6 is 11.3 Å². The van der Waals surface area contributed by atoms with Gasteiger partial charge in [-0.25, -0.2) is 4.98 Å². The molecule has 0 saturated heterocycles. The SMILES string of the molecule is CCNCc1cnc(-c2cccc3c2OC(C)(C)C3)s1. The van der Waals surface area contributed by atoms with E-state index >= 15 is 0 Å². The van der Waals surface area contributed by atoms with E-state index in [2.05, 4.69) is 49.3 Å². The molecular weight excluding hydrogens is 268 g/mol. The van der Waals surface area contributed by atoms with Crippen LogP contribution in [-0.2, 0) is 13.0 Å². The van der Waals surface area contributed by atoms with Gasteiger partial charge in [-0.1, -0.05) is 19.1 Å². The second-order valence-electron chi connectivity index (χ2n) is 5.74. The van der Waals surface area contributed by atoms with Crippen LogP contribution in [-0.4, -0.2) is 17.1 Å². The Bertz CT molecular complexity index is 619. The Hall–Kier alpha value is -1.39. The van der Waals surface area contributed by atoms with Crippen molar-refractivity contribution in [3.63, 3.8) is 0 Å². The maximum Gasteiger partial charge on any atom is 0.133 e. The number of rotatable bonds is 4. The third kappa shape index (κ3) is 2.58. The van der Waals surface area contributed by atoms with Gasteiger partial charge in [0, 0.05) is 24.0 Å². The fourth-order valence-corrected chi connectivity index (χ4v) is 3.45. The maximum atomic E-state index is 6.12. The highest BCUT2D eigenvalue weighted by Gasteiger charge is 2.32. The van der Waals surface area contributed by atoms with Crippen molar-refractivity contribution in [1.82, 2.24) is 10.3 Å². The topological polar surface area (TPSA) is 34.2 Å². The zero-order chi connectivity index (χ0) is 14.2. The average molecular weight is 288 g/mol. The molecule has 3 rings (SSSR count). The fourth-order valence-electron chi connectivity index (χ4n) is 2.55. The Balaban J connectivity index is 1.92. The summed E-state index contributed by atoms with van der Waals surface area (Å²) in [6, 6.07) is 6.36. The van der Waals surface area contributed by atoms with Crippen LogP contribution in [0.15, 0.2) is 24.4 Å². The molecule has 0 bridgehead atoms.